The summed E-state index contributed by atoms with van der Waals surface area (Å²) in [6.45, 7) is 4.67. The zero-order chi connectivity index (χ0) is 21.7. The standard InChI is InChI=1S/C21H23N3O6/c1-13(2)20(14-6-7-17-18(11-14)30-9-8-29-17)23-19(25)12-22-21(26)15-4-3-5-16(10-15)24(27)28/h3-7,10-11,13,20H,8-9,12H2,1-2H3,(H,22,26)(H,23,25)/t20-/m1/s1. The normalized spacial score (nSPS) is 13.4. The molecule has 9 heteroatoms. The van der Waals surface area contributed by atoms with Crippen LogP contribution in [-0.4, -0.2) is 36.5 Å². The molecule has 3 rings (SSSR count). The zero-order valence-electron chi connectivity index (χ0n) is 16.7. The molecule has 2 N–H and O–H groups in total. The fourth-order valence-electron chi connectivity index (χ4n) is 3.14. The van der Waals surface area contributed by atoms with Crippen LogP contribution in [0.1, 0.15) is 35.8 Å². The maximum Gasteiger partial charge on any atom is 0.270 e. The van der Waals surface area contributed by atoms with E-state index in [1.165, 1.54) is 24.3 Å². The van der Waals surface area contributed by atoms with E-state index >= 15 is 0 Å². The first kappa shape index (κ1) is 21.1. The molecule has 0 spiro atoms. The minimum absolute atomic E-state index is 0.0870. The van der Waals surface area contributed by atoms with Gasteiger partial charge < -0.3 is 20.1 Å². The van der Waals surface area contributed by atoms with Crippen LogP contribution in [0.25, 0.3) is 0 Å². The Hall–Kier alpha value is -3.62. The van der Waals surface area contributed by atoms with Crippen molar-refractivity contribution in [3.63, 3.8) is 0 Å². The maximum atomic E-state index is 12.4. The highest BCUT2D eigenvalue weighted by Gasteiger charge is 2.22. The maximum absolute atomic E-state index is 12.4. The topological polar surface area (TPSA) is 120 Å². The summed E-state index contributed by atoms with van der Waals surface area (Å²) < 4.78 is 11.1. The monoisotopic (exact) mass is 413 g/mol. The summed E-state index contributed by atoms with van der Waals surface area (Å²) >= 11 is 0. The second-order valence-electron chi connectivity index (χ2n) is 7.18. The van der Waals surface area contributed by atoms with Crippen LogP contribution in [0.4, 0.5) is 5.69 Å². The largest absolute Gasteiger partial charge is 0.486 e. The number of fused-ring (bicyclic) bond motifs is 1. The van der Waals surface area contributed by atoms with Gasteiger partial charge in [-0.2, -0.15) is 0 Å². The van der Waals surface area contributed by atoms with Gasteiger partial charge in [0.15, 0.2) is 11.5 Å². The number of carbonyl (C=O) groups is 2. The second-order valence-corrected chi connectivity index (χ2v) is 7.18. The van der Waals surface area contributed by atoms with Crippen molar-refractivity contribution in [2.24, 2.45) is 5.92 Å². The highest BCUT2D eigenvalue weighted by atomic mass is 16.6. The van der Waals surface area contributed by atoms with Gasteiger partial charge in [-0.25, -0.2) is 0 Å². The molecule has 30 heavy (non-hydrogen) atoms. The van der Waals surface area contributed by atoms with Crippen LogP contribution in [0.3, 0.4) is 0 Å². The Kier molecular flexibility index (Phi) is 6.51. The molecule has 0 radical (unpaired) electrons. The van der Waals surface area contributed by atoms with E-state index in [1.807, 2.05) is 32.0 Å². The summed E-state index contributed by atoms with van der Waals surface area (Å²) in [5, 5.41) is 16.3. The first-order chi connectivity index (χ1) is 14.3. The number of nitro benzene ring substituents is 1. The van der Waals surface area contributed by atoms with Gasteiger partial charge >= 0.3 is 0 Å². The van der Waals surface area contributed by atoms with Crippen molar-refractivity contribution in [2.45, 2.75) is 19.9 Å². The summed E-state index contributed by atoms with van der Waals surface area (Å²) in [7, 11) is 0. The van der Waals surface area contributed by atoms with E-state index in [1.54, 1.807) is 0 Å². The number of ether oxygens (including phenoxy) is 2. The highest BCUT2D eigenvalue weighted by molar-refractivity contribution is 5.97. The summed E-state index contributed by atoms with van der Waals surface area (Å²) in [5.74, 6) is 0.460. The Morgan fingerprint density at radius 2 is 1.83 bits per heavy atom. The molecule has 0 unspecified atom stereocenters. The van der Waals surface area contributed by atoms with Gasteiger partial charge in [0.05, 0.1) is 17.5 Å². The molecule has 2 aromatic rings. The Bertz CT molecular complexity index is 960. The molecule has 1 heterocycles. The van der Waals surface area contributed by atoms with Gasteiger partial charge in [-0.05, 0) is 29.7 Å². The minimum atomic E-state index is -0.579. The molecular formula is C21H23N3O6. The number of hydrogen-bond donors (Lipinski definition) is 2. The molecule has 9 nitrogen and oxygen atoms in total. The Morgan fingerprint density at radius 1 is 1.10 bits per heavy atom. The van der Waals surface area contributed by atoms with Crippen molar-refractivity contribution in [2.75, 3.05) is 19.8 Å². The number of carbonyl (C=O) groups excluding carboxylic acids is 2. The van der Waals surface area contributed by atoms with E-state index in [4.69, 9.17) is 9.47 Å². The summed E-state index contributed by atoms with van der Waals surface area (Å²) in [6.07, 6.45) is 0. The summed E-state index contributed by atoms with van der Waals surface area (Å²) in [6, 6.07) is 10.6. The number of nitrogens with zero attached hydrogens (tertiary/aromatic N) is 1. The SMILES string of the molecule is CC(C)[C@@H](NC(=O)CNC(=O)c1cccc([N+](=O)[O-])c1)c1ccc2c(c1)OCCO2. The van der Waals surface area contributed by atoms with Crippen molar-refractivity contribution in [1.82, 2.24) is 10.6 Å². The average molecular weight is 413 g/mol. The number of hydrogen-bond acceptors (Lipinski definition) is 6. The zero-order valence-corrected chi connectivity index (χ0v) is 16.7. The Labute approximate surface area is 173 Å². The van der Waals surface area contributed by atoms with Crippen molar-refractivity contribution in [3.8, 4) is 11.5 Å². The van der Waals surface area contributed by atoms with Gasteiger partial charge in [-0.15, -0.1) is 0 Å². The van der Waals surface area contributed by atoms with Gasteiger partial charge in [0, 0.05) is 17.7 Å². The van der Waals surface area contributed by atoms with Gasteiger partial charge in [0.25, 0.3) is 11.6 Å². The second kappa shape index (κ2) is 9.25. The lowest BCUT2D eigenvalue weighted by atomic mass is 9.95. The van der Waals surface area contributed by atoms with Crippen molar-refractivity contribution in [1.29, 1.82) is 0 Å². The molecule has 0 bridgehead atoms. The molecule has 0 saturated carbocycles. The third kappa shape index (κ3) is 5.05. The molecule has 0 saturated heterocycles. The summed E-state index contributed by atoms with van der Waals surface area (Å²) in [4.78, 5) is 34.9. The van der Waals surface area contributed by atoms with E-state index < -0.39 is 10.8 Å². The Balaban J connectivity index is 1.62. The molecule has 1 aliphatic heterocycles. The molecule has 0 aromatic heterocycles. The molecule has 1 atom stereocenters. The minimum Gasteiger partial charge on any atom is -0.486 e. The molecule has 2 aromatic carbocycles. The van der Waals surface area contributed by atoms with Gasteiger partial charge in [-0.3, -0.25) is 19.7 Å². The third-order valence-corrected chi connectivity index (χ3v) is 4.64. The van der Waals surface area contributed by atoms with E-state index in [9.17, 15) is 19.7 Å². The number of rotatable bonds is 7. The van der Waals surface area contributed by atoms with E-state index in [0.29, 0.717) is 24.7 Å². The molecule has 0 fully saturated rings. The van der Waals surface area contributed by atoms with Crippen LogP contribution in [0.15, 0.2) is 42.5 Å². The fourth-order valence-corrected chi connectivity index (χ4v) is 3.14. The van der Waals surface area contributed by atoms with E-state index in [0.717, 1.165) is 5.56 Å². The van der Waals surface area contributed by atoms with Crippen LogP contribution in [0.2, 0.25) is 0 Å². The first-order valence-corrected chi connectivity index (χ1v) is 9.56. The van der Waals surface area contributed by atoms with Crippen molar-refractivity contribution >= 4 is 17.5 Å². The molecule has 2 amide bonds. The summed E-state index contributed by atoms with van der Waals surface area (Å²) in [5.41, 5.74) is 0.794. The first-order valence-electron chi connectivity index (χ1n) is 9.56. The number of non-ortho nitro benzene ring substituents is 1. The van der Waals surface area contributed by atoms with E-state index in [-0.39, 0.29) is 35.7 Å². The average Bonchev–Trinajstić information content (AvgIpc) is 2.75. The van der Waals surface area contributed by atoms with Crippen molar-refractivity contribution in [3.05, 3.63) is 63.7 Å². The lowest BCUT2D eigenvalue weighted by Crippen LogP contribution is -2.40. The smallest absolute Gasteiger partial charge is 0.270 e. The van der Waals surface area contributed by atoms with Gasteiger partial charge in [0.2, 0.25) is 5.91 Å². The predicted molar refractivity (Wildman–Crippen MR) is 109 cm³/mol. The number of benzene rings is 2. The predicted octanol–water partition coefficient (Wildman–Crippen LogP) is 2.61. The Morgan fingerprint density at radius 3 is 2.53 bits per heavy atom. The fraction of sp³-hybridized carbons (Fsp3) is 0.333. The molecule has 0 aliphatic carbocycles. The number of nitrogens with one attached hydrogen (secondary N) is 2. The van der Waals surface area contributed by atoms with Crippen LogP contribution in [0.5, 0.6) is 11.5 Å². The van der Waals surface area contributed by atoms with Crippen LogP contribution in [0, 0.1) is 16.0 Å². The van der Waals surface area contributed by atoms with Crippen molar-refractivity contribution < 1.29 is 24.0 Å². The van der Waals surface area contributed by atoms with Crippen LogP contribution < -0.4 is 20.1 Å². The van der Waals surface area contributed by atoms with Crippen LogP contribution in [-0.2, 0) is 4.79 Å². The number of amides is 2. The number of nitro groups is 1. The highest BCUT2D eigenvalue weighted by Crippen LogP contribution is 2.34. The van der Waals surface area contributed by atoms with Crippen LogP contribution >= 0.6 is 0 Å². The van der Waals surface area contributed by atoms with Gasteiger partial charge in [0.1, 0.15) is 13.2 Å². The molecular weight excluding hydrogens is 390 g/mol. The molecule has 158 valence electrons. The lowest BCUT2D eigenvalue weighted by Gasteiger charge is -2.25. The van der Waals surface area contributed by atoms with Gasteiger partial charge in [-0.1, -0.05) is 26.0 Å². The lowest BCUT2D eigenvalue weighted by molar-refractivity contribution is -0.384. The third-order valence-electron chi connectivity index (χ3n) is 4.64. The quantitative estimate of drug-likeness (QED) is 0.532. The molecule has 1 aliphatic rings. The van der Waals surface area contributed by atoms with E-state index in [2.05, 4.69) is 10.6 Å².